The molecule has 2 aliphatic rings. The zero-order chi connectivity index (χ0) is 18.3. The summed E-state index contributed by atoms with van der Waals surface area (Å²) in [6.45, 7) is 8.28. The number of halogens is 1. The molecule has 0 aliphatic carbocycles. The summed E-state index contributed by atoms with van der Waals surface area (Å²) in [7, 11) is 1.97. The molecule has 0 spiro atoms. The van der Waals surface area contributed by atoms with Crippen molar-refractivity contribution in [3.63, 3.8) is 0 Å². The molecular weight excluding hydrogens is 350 g/mol. The molecule has 1 atom stereocenters. The van der Waals surface area contributed by atoms with Crippen LogP contribution < -0.4 is 0 Å². The molecule has 2 aromatic rings. The maximum absolute atomic E-state index is 6.48. The average Bonchev–Trinajstić information content (AvgIpc) is 3.19. The van der Waals surface area contributed by atoms with E-state index in [1.54, 1.807) is 0 Å². The number of ether oxygens (including phenoxy) is 2. The Labute approximate surface area is 160 Å². The Morgan fingerprint density at radius 1 is 1.23 bits per heavy atom. The molecule has 2 aliphatic heterocycles. The normalized spacial score (nSPS) is 21.0. The Hall–Kier alpha value is -1.14. The van der Waals surface area contributed by atoms with Crippen molar-refractivity contribution in [1.82, 2.24) is 14.7 Å². The van der Waals surface area contributed by atoms with Crippen molar-refractivity contribution in [3.05, 3.63) is 28.9 Å². The predicted octanol–water partition coefficient (Wildman–Crippen LogP) is 3.80. The van der Waals surface area contributed by atoms with Gasteiger partial charge in [0.05, 0.1) is 29.9 Å². The second kappa shape index (κ2) is 7.47. The lowest BCUT2D eigenvalue weighted by Crippen LogP contribution is -2.52. The van der Waals surface area contributed by atoms with Crippen molar-refractivity contribution in [2.75, 3.05) is 26.3 Å². The monoisotopic (exact) mass is 377 g/mol. The number of aromatic nitrogens is 2. The van der Waals surface area contributed by atoms with E-state index in [4.69, 9.17) is 21.1 Å². The number of hydrogen-bond acceptors (Lipinski definition) is 4. The van der Waals surface area contributed by atoms with Crippen LogP contribution in [0.5, 0.6) is 0 Å². The van der Waals surface area contributed by atoms with Gasteiger partial charge in [-0.1, -0.05) is 25.4 Å². The topological polar surface area (TPSA) is 39.5 Å². The maximum atomic E-state index is 6.48. The third-order valence-electron chi connectivity index (χ3n) is 5.85. The van der Waals surface area contributed by atoms with E-state index >= 15 is 0 Å². The van der Waals surface area contributed by atoms with Crippen LogP contribution in [0, 0.1) is 5.92 Å². The van der Waals surface area contributed by atoms with Crippen LogP contribution in [0.15, 0.2) is 18.3 Å². The Balaban J connectivity index is 1.40. The highest BCUT2D eigenvalue weighted by molar-refractivity contribution is 6.35. The first-order chi connectivity index (χ1) is 12.5. The van der Waals surface area contributed by atoms with Crippen LogP contribution in [0.3, 0.4) is 0 Å². The van der Waals surface area contributed by atoms with Crippen LogP contribution in [-0.2, 0) is 16.5 Å². The molecule has 0 amide bonds. The second-order valence-corrected chi connectivity index (χ2v) is 8.32. The highest BCUT2D eigenvalue weighted by Crippen LogP contribution is 2.36. The number of likely N-dealkylation sites (tertiary alicyclic amines) is 1. The third kappa shape index (κ3) is 3.50. The Morgan fingerprint density at radius 2 is 1.96 bits per heavy atom. The van der Waals surface area contributed by atoms with Gasteiger partial charge in [0.25, 0.3) is 0 Å². The van der Waals surface area contributed by atoms with Crippen LogP contribution in [0.4, 0.5) is 0 Å². The Morgan fingerprint density at radius 3 is 2.65 bits per heavy atom. The molecule has 0 saturated carbocycles. The van der Waals surface area contributed by atoms with Crippen molar-refractivity contribution in [1.29, 1.82) is 0 Å². The Kier molecular flexibility index (Phi) is 5.24. The first-order valence-electron chi connectivity index (χ1n) is 9.61. The molecule has 3 heterocycles. The number of fused-ring (bicyclic) bond motifs is 1. The van der Waals surface area contributed by atoms with Crippen LogP contribution in [0.25, 0.3) is 10.9 Å². The van der Waals surface area contributed by atoms with Gasteiger partial charge in [-0.25, -0.2) is 0 Å². The lowest BCUT2D eigenvalue weighted by atomic mass is 9.86. The summed E-state index contributed by atoms with van der Waals surface area (Å²) in [5, 5.41) is 6.17. The van der Waals surface area contributed by atoms with Gasteiger partial charge in [-0.15, -0.1) is 0 Å². The molecule has 4 rings (SSSR count). The molecule has 0 N–H and O–H groups in total. The molecule has 1 aromatic heterocycles. The van der Waals surface area contributed by atoms with Crippen molar-refractivity contribution >= 4 is 22.5 Å². The average molecular weight is 378 g/mol. The van der Waals surface area contributed by atoms with Gasteiger partial charge >= 0.3 is 0 Å². The largest absolute Gasteiger partial charge is 0.350 e. The zero-order valence-corrected chi connectivity index (χ0v) is 16.6. The fourth-order valence-corrected chi connectivity index (χ4v) is 4.55. The van der Waals surface area contributed by atoms with Crippen molar-refractivity contribution in [2.45, 2.75) is 44.9 Å². The van der Waals surface area contributed by atoms with Gasteiger partial charge in [0.2, 0.25) is 0 Å². The molecule has 2 fully saturated rings. The lowest BCUT2D eigenvalue weighted by Gasteiger charge is -2.46. The summed E-state index contributed by atoms with van der Waals surface area (Å²) in [5.74, 6) is 1.17. The third-order valence-corrected chi connectivity index (χ3v) is 6.16. The molecule has 1 aromatic carbocycles. The van der Waals surface area contributed by atoms with E-state index in [1.165, 1.54) is 5.56 Å². The van der Waals surface area contributed by atoms with Gasteiger partial charge in [0.1, 0.15) is 0 Å². The minimum Gasteiger partial charge on any atom is -0.350 e. The summed E-state index contributed by atoms with van der Waals surface area (Å²) in [6.07, 6.45) is 3.95. The number of benzene rings is 1. The molecule has 0 bridgehead atoms. The van der Waals surface area contributed by atoms with Crippen molar-refractivity contribution in [2.24, 2.45) is 13.0 Å². The molecule has 6 heteroatoms. The fourth-order valence-electron chi connectivity index (χ4n) is 4.27. The second-order valence-electron chi connectivity index (χ2n) is 7.91. The van der Waals surface area contributed by atoms with Gasteiger partial charge in [0, 0.05) is 37.5 Å². The van der Waals surface area contributed by atoms with Crippen molar-refractivity contribution in [3.8, 4) is 0 Å². The van der Waals surface area contributed by atoms with E-state index in [1.807, 2.05) is 17.9 Å². The minimum absolute atomic E-state index is 0.000576. The summed E-state index contributed by atoms with van der Waals surface area (Å²) in [6, 6.07) is 4.95. The smallest absolute Gasteiger partial charge is 0.157 e. The van der Waals surface area contributed by atoms with Crippen molar-refractivity contribution < 1.29 is 9.47 Å². The molecule has 2 saturated heterocycles. The van der Waals surface area contributed by atoms with Crippen LogP contribution >= 0.6 is 11.6 Å². The zero-order valence-electron chi connectivity index (χ0n) is 15.8. The van der Waals surface area contributed by atoms with Crippen LogP contribution in [0.2, 0.25) is 5.02 Å². The minimum atomic E-state index is -0.000576. The molecular formula is C20H28ClN3O2. The summed E-state index contributed by atoms with van der Waals surface area (Å²) in [4.78, 5) is 2.60. The van der Waals surface area contributed by atoms with E-state index in [-0.39, 0.29) is 6.29 Å². The van der Waals surface area contributed by atoms with Gasteiger partial charge in [-0.2, -0.15) is 5.10 Å². The predicted molar refractivity (Wildman–Crippen MR) is 104 cm³/mol. The maximum Gasteiger partial charge on any atom is 0.157 e. The SMILES string of the molecule is CC(C)[C@H](CCC1OCCO1)N1CC(c2cc(Cl)c3cnn(C)c3c2)C1. The summed E-state index contributed by atoms with van der Waals surface area (Å²) in [5.41, 5.74) is 2.44. The van der Waals surface area contributed by atoms with E-state index in [2.05, 4.69) is 36.0 Å². The van der Waals surface area contributed by atoms with E-state index < -0.39 is 0 Å². The highest BCUT2D eigenvalue weighted by Gasteiger charge is 2.35. The fraction of sp³-hybridized carbons (Fsp3) is 0.650. The van der Waals surface area contributed by atoms with Crippen LogP contribution in [-0.4, -0.2) is 53.3 Å². The van der Waals surface area contributed by atoms with Gasteiger partial charge < -0.3 is 9.47 Å². The number of rotatable bonds is 6. The van der Waals surface area contributed by atoms with E-state index in [0.717, 1.165) is 55.1 Å². The molecule has 0 radical (unpaired) electrons. The molecule has 0 unspecified atom stereocenters. The number of nitrogens with zero attached hydrogens (tertiary/aromatic N) is 3. The first-order valence-corrected chi connectivity index (χ1v) is 9.99. The van der Waals surface area contributed by atoms with Gasteiger partial charge in [-0.05, 0) is 36.5 Å². The van der Waals surface area contributed by atoms with Gasteiger partial charge in [0.15, 0.2) is 6.29 Å². The summed E-state index contributed by atoms with van der Waals surface area (Å²) < 4.78 is 13.1. The lowest BCUT2D eigenvalue weighted by molar-refractivity contribution is -0.0564. The number of aryl methyl sites for hydroxylation is 1. The molecule has 26 heavy (non-hydrogen) atoms. The van der Waals surface area contributed by atoms with Gasteiger partial charge in [-0.3, -0.25) is 9.58 Å². The standard InChI is InChI=1S/C20H28ClN3O2/c1-13(2)18(4-5-20-25-6-7-26-20)24-11-15(12-24)14-8-17(21)16-10-22-23(3)19(16)9-14/h8-10,13,15,18,20H,4-7,11-12H2,1-3H3/t18-/m0/s1. The molecule has 5 nitrogen and oxygen atoms in total. The Bertz CT molecular complexity index is 764. The summed E-state index contributed by atoms with van der Waals surface area (Å²) >= 11 is 6.48. The van der Waals surface area contributed by atoms with E-state index in [0.29, 0.717) is 17.9 Å². The number of hydrogen-bond donors (Lipinski definition) is 0. The highest BCUT2D eigenvalue weighted by atomic mass is 35.5. The first kappa shape index (κ1) is 18.2. The molecule has 142 valence electrons. The quantitative estimate of drug-likeness (QED) is 0.767. The van der Waals surface area contributed by atoms with E-state index in [9.17, 15) is 0 Å². The van der Waals surface area contributed by atoms with Crippen LogP contribution in [0.1, 0.15) is 38.2 Å².